The number of rotatable bonds is 5. The molecule has 0 unspecified atom stereocenters. The van der Waals surface area contributed by atoms with E-state index in [1.165, 1.54) is 39.2 Å². The predicted octanol–water partition coefficient (Wildman–Crippen LogP) is 4.51. The van der Waals surface area contributed by atoms with E-state index in [-0.39, 0.29) is 33.8 Å². The van der Waals surface area contributed by atoms with E-state index in [1.54, 1.807) is 13.8 Å². The number of amidine groups is 1. The number of hydrogen-bond donors (Lipinski definition) is 2. The maximum atomic E-state index is 12.9. The second-order valence-corrected chi connectivity index (χ2v) is 10.4. The topological polar surface area (TPSA) is 93.6 Å². The average molecular weight is 477 g/mol. The molecule has 2 heterocycles. The quantitative estimate of drug-likeness (QED) is 0.662. The van der Waals surface area contributed by atoms with Gasteiger partial charge in [-0.25, -0.2) is 8.42 Å². The van der Waals surface area contributed by atoms with E-state index in [9.17, 15) is 13.2 Å². The van der Waals surface area contributed by atoms with Crippen LogP contribution in [-0.2, 0) is 14.8 Å². The maximum absolute atomic E-state index is 12.9. The van der Waals surface area contributed by atoms with E-state index in [1.807, 2.05) is 24.3 Å². The number of para-hydroxylation sites is 1. The molecule has 2 N–H and O–H groups in total. The van der Waals surface area contributed by atoms with Crippen LogP contribution in [0, 0.1) is 5.41 Å². The van der Waals surface area contributed by atoms with Crippen molar-refractivity contribution in [2.75, 3.05) is 23.3 Å². The van der Waals surface area contributed by atoms with Crippen molar-refractivity contribution >= 4 is 56.5 Å². The fraction of sp³-hybridized carbons (Fsp3) is 0.238. The van der Waals surface area contributed by atoms with Crippen LogP contribution in [0.25, 0.3) is 0 Å². The lowest BCUT2D eigenvalue weighted by Crippen LogP contribution is -2.32. The third-order valence-electron chi connectivity index (χ3n) is 5.21. The highest BCUT2D eigenvalue weighted by atomic mass is 35.5. The molecule has 0 aromatic heterocycles. The van der Waals surface area contributed by atoms with Gasteiger partial charge in [-0.3, -0.25) is 15.1 Å². The number of benzene rings is 2. The highest BCUT2D eigenvalue weighted by molar-refractivity contribution is 8.03. The van der Waals surface area contributed by atoms with E-state index in [0.29, 0.717) is 18.7 Å². The molecule has 2 aliphatic rings. The second-order valence-electron chi connectivity index (χ2n) is 6.99. The lowest BCUT2D eigenvalue weighted by Gasteiger charge is -2.22. The fourth-order valence-electron chi connectivity index (χ4n) is 3.61. The van der Waals surface area contributed by atoms with Crippen LogP contribution in [0.5, 0.6) is 0 Å². The molecule has 1 saturated heterocycles. The van der Waals surface area contributed by atoms with Crippen molar-refractivity contribution in [2.24, 2.45) is 0 Å². The lowest BCUT2D eigenvalue weighted by molar-refractivity contribution is -0.116. The Labute approximate surface area is 190 Å². The zero-order valence-corrected chi connectivity index (χ0v) is 19.4. The van der Waals surface area contributed by atoms with E-state index in [0.717, 1.165) is 15.6 Å². The molecular formula is C21H21ClN4O3S2. The van der Waals surface area contributed by atoms with Gasteiger partial charge in [0.2, 0.25) is 15.9 Å². The van der Waals surface area contributed by atoms with E-state index in [2.05, 4.69) is 5.32 Å². The van der Waals surface area contributed by atoms with Crippen LogP contribution >= 0.6 is 23.4 Å². The summed E-state index contributed by atoms with van der Waals surface area (Å²) in [5.41, 5.74) is 1.68. The Bertz CT molecular complexity index is 1200. The monoisotopic (exact) mass is 476 g/mol. The molecule has 31 heavy (non-hydrogen) atoms. The SMILES string of the molecule is CCN(CC)S(=O)(=O)c1ccc(Cl)c(N2C(=N)/C(=C3\Nc4ccccc4S3)CC2=O)c1. The molecule has 2 aromatic carbocycles. The first-order chi connectivity index (χ1) is 14.8. The molecule has 1 amide bonds. The zero-order chi connectivity index (χ0) is 22.3. The maximum Gasteiger partial charge on any atom is 0.243 e. The summed E-state index contributed by atoms with van der Waals surface area (Å²) in [6.45, 7) is 4.19. The second kappa shape index (κ2) is 8.31. The number of hydrogen-bond acceptors (Lipinski definition) is 6. The Hall–Kier alpha value is -2.33. The van der Waals surface area contributed by atoms with Gasteiger partial charge < -0.3 is 5.32 Å². The number of halogens is 1. The molecule has 1 fully saturated rings. The van der Waals surface area contributed by atoms with Crippen LogP contribution in [0.15, 0.2) is 62.9 Å². The molecule has 162 valence electrons. The molecule has 0 atom stereocenters. The minimum atomic E-state index is -3.73. The summed E-state index contributed by atoms with van der Waals surface area (Å²) >= 11 is 7.82. The Morgan fingerprint density at radius 3 is 2.58 bits per heavy atom. The van der Waals surface area contributed by atoms with Crippen molar-refractivity contribution in [3.8, 4) is 0 Å². The summed E-state index contributed by atoms with van der Waals surface area (Å²) in [4.78, 5) is 15.1. The van der Waals surface area contributed by atoms with Crippen molar-refractivity contribution in [1.82, 2.24) is 4.31 Å². The van der Waals surface area contributed by atoms with Gasteiger partial charge in [-0.15, -0.1) is 0 Å². The summed E-state index contributed by atoms with van der Waals surface area (Å²) in [5.74, 6) is -0.336. The number of nitrogens with one attached hydrogen (secondary N) is 2. The summed E-state index contributed by atoms with van der Waals surface area (Å²) in [6, 6.07) is 12.0. The van der Waals surface area contributed by atoms with Crippen molar-refractivity contribution in [2.45, 2.75) is 30.1 Å². The van der Waals surface area contributed by atoms with Gasteiger partial charge in [-0.2, -0.15) is 4.31 Å². The fourth-order valence-corrected chi connectivity index (χ4v) is 6.34. The van der Waals surface area contributed by atoms with Gasteiger partial charge in [-0.1, -0.05) is 49.3 Å². The Balaban J connectivity index is 1.72. The van der Waals surface area contributed by atoms with Crippen LogP contribution in [-0.4, -0.2) is 37.6 Å². The van der Waals surface area contributed by atoms with Crippen LogP contribution in [0.4, 0.5) is 11.4 Å². The normalized spacial score (nSPS) is 18.6. The first-order valence-electron chi connectivity index (χ1n) is 9.76. The third-order valence-corrected chi connectivity index (χ3v) is 8.70. The molecule has 0 radical (unpaired) electrons. The van der Waals surface area contributed by atoms with Crippen molar-refractivity contribution in [3.05, 3.63) is 58.1 Å². The van der Waals surface area contributed by atoms with Crippen LogP contribution in [0.3, 0.4) is 0 Å². The van der Waals surface area contributed by atoms with Gasteiger partial charge in [0.25, 0.3) is 0 Å². The average Bonchev–Trinajstić information content (AvgIpc) is 3.29. The zero-order valence-electron chi connectivity index (χ0n) is 17.0. The van der Waals surface area contributed by atoms with Gasteiger partial charge in [0.05, 0.1) is 32.7 Å². The highest BCUT2D eigenvalue weighted by Gasteiger charge is 2.37. The van der Waals surface area contributed by atoms with Crippen LogP contribution in [0.1, 0.15) is 20.3 Å². The smallest absolute Gasteiger partial charge is 0.243 e. The van der Waals surface area contributed by atoms with Gasteiger partial charge in [-0.05, 0) is 30.3 Å². The van der Waals surface area contributed by atoms with Gasteiger partial charge in [0.15, 0.2) is 0 Å². The lowest BCUT2D eigenvalue weighted by atomic mass is 10.2. The first kappa shape index (κ1) is 21.9. The Morgan fingerprint density at radius 2 is 1.90 bits per heavy atom. The highest BCUT2D eigenvalue weighted by Crippen LogP contribution is 2.45. The molecule has 0 bridgehead atoms. The number of fused-ring (bicyclic) bond motifs is 1. The van der Waals surface area contributed by atoms with Gasteiger partial charge in [0, 0.05) is 23.6 Å². The Kier molecular flexibility index (Phi) is 5.87. The largest absolute Gasteiger partial charge is 0.349 e. The standard InChI is InChI=1S/C21H21ClN4O3S2/c1-3-25(4-2)31(28,29)13-9-10-15(22)17(11-13)26-19(27)12-14(20(26)23)21-24-16-7-5-6-8-18(16)30-21/h5-11,23-24H,3-4,12H2,1-2H3/b21-14+,23-20?. The number of thioether (sulfide) groups is 1. The summed E-state index contributed by atoms with van der Waals surface area (Å²) in [5, 5.41) is 12.9. The van der Waals surface area contributed by atoms with Crippen LogP contribution < -0.4 is 10.2 Å². The first-order valence-corrected chi connectivity index (χ1v) is 12.4. The number of anilines is 2. The molecule has 2 aromatic rings. The molecular weight excluding hydrogens is 456 g/mol. The third kappa shape index (κ3) is 3.76. The van der Waals surface area contributed by atoms with Crippen molar-refractivity contribution in [1.29, 1.82) is 5.41 Å². The van der Waals surface area contributed by atoms with E-state index in [4.69, 9.17) is 17.0 Å². The van der Waals surface area contributed by atoms with Crippen LogP contribution in [0.2, 0.25) is 5.02 Å². The molecule has 2 aliphatic heterocycles. The van der Waals surface area contributed by atoms with Crippen molar-refractivity contribution in [3.63, 3.8) is 0 Å². The predicted molar refractivity (Wildman–Crippen MR) is 124 cm³/mol. The molecule has 10 heteroatoms. The van der Waals surface area contributed by atoms with E-state index >= 15 is 0 Å². The minimum Gasteiger partial charge on any atom is -0.349 e. The minimum absolute atomic E-state index is 0.00732. The van der Waals surface area contributed by atoms with Crippen molar-refractivity contribution < 1.29 is 13.2 Å². The number of carbonyl (C=O) groups is 1. The van der Waals surface area contributed by atoms with E-state index < -0.39 is 10.0 Å². The van der Waals surface area contributed by atoms with Gasteiger partial charge >= 0.3 is 0 Å². The summed E-state index contributed by atoms with van der Waals surface area (Å²) in [7, 11) is -3.73. The molecule has 0 aliphatic carbocycles. The Morgan fingerprint density at radius 1 is 1.19 bits per heavy atom. The molecule has 0 spiro atoms. The number of sulfonamides is 1. The molecule has 7 nitrogen and oxygen atoms in total. The molecule has 4 rings (SSSR count). The van der Waals surface area contributed by atoms with Gasteiger partial charge in [0.1, 0.15) is 5.84 Å². The summed E-state index contributed by atoms with van der Waals surface area (Å²) in [6.07, 6.45) is 0.0332. The number of amides is 1. The molecule has 0 saturated carbocycles. The number of carbonyl (C=O) groups excluding carboxylic acids is 1. The number of nitrogens with zero attached hydrogens (tertiary/aromatic N) is 2. The summed E-state index contributed by atoms with van der Waals surface area (Å²) < 4.78 is 27.2.